The third kappa shape index (κ3) is 5.37. The minimum atomic E-state index is -3.93. The number of aliphatic hydroxyl groups excluding tert-OH is 1. The highest BCUT2D eigenvalue weighted by Gasteiger charge is 2.38. The van der Waals surface area contributed by atoms with Gasteiger partial charge in [0, 0.05) is 32.0 Å². The molecule has 0 radical (unpaired) electrons. The number of fused-ring (bicyclic) bond motifs is 1. The maximum Gasteiger partial charge on any atom is 0.247 e. The second kappa shape index (κ2) is 10.8. The second-order valence-electron chi connectivity index (χ2n) is 8.76. The highest BCUT2D eigenvalue weighted by atomic mass is 32.2. The number of hydrogen-bond donors (Lipinski definition) is 1. The fraction of sp³-hybridized carbons (Fsp3) is 0.480. The van der Waals surface area contributed by atoms with Gasteiger partial charge >= 0.3 is 0 Å². The van der Waals surface area contributed by atoms with E-state index in [1.165, 1.54) is 4.31 Å². The summed E-state index contributed by atoms with van der Waals surface area (Å²) in [5.74, 6) is 0.664. The summed E-state index contributed by atoms with van der Waals surface area (Å²) >= 11 is 0. The summed E-state index contributed by atoms with van der Waals surface area (Å²) in [6.45, 7) is 5.56. The Morgan fingerprint density at radius 1 is 1.26 bits per heavy atom. The number of likely N-dealkylation sites (N-methyl/N-ethyl adjacent to an activating group) is 1. The molecular weight excluding hydrogens is 456 g/mol. The van der Waals surface area contributed by atoms with Crippen molar-refractivity contribution in [1.29, 1.82) is 0 Å². The molecule has 1 aliphatic rings. The normalized spacial score (nSPS) is 20.9. The molecular formula is C25H34N2O6S. The van der Waals surface area contributed by atoms with Crippen molar-refractivity contribution in [2.24, 2.45) is 5.92 Å². The summed E-state index contributed by atoms with van der Waals surface area (Å²) in [5.41, 5.74) is 1.63. The molecule has 0 saturated heterocycles. The average molecular weight is 491 g/mol. The second-order valence-corrected chi connectivity index (χ2v) is 10.6. The number of carbonyl (C=O) groups excluding carboxylic acids is 1. The van der Waals surface area contributed by atoms with E-state index in [9.17, 15) is 18.3 Å². The number of hydrogen-bond acceptors (Lipinski definition) is 6. The van der Waals surface area contributed by atoms with E-state index in [1.807, 2.05) is 31.2 Å². The molecule has 0 aromatic heterocycles. The Labute approximate surface area is 202 Å². The summed E-state index contributed by atoms with van der Waals surface area (Å²) in [7, 11) is -0.618. The first-order valence-corrected chi connectivity index (χ1v) is 12.9. The quantitative estimate of drug-likeness (QED) is 0.641. The van der Waals surface area contributed by atoms with Crippen molar-refractivity contribution in [3.63, 3.8) is 0 Å². The minimum absolute atomic E-state index is 0.0172. The number of methoxy groups -OCH3 is 1. The van der Waals surface area contributed by atoms with E-state index >= 15 is 0 Å². The number of ether oxygens (including phenoxy) is 2. The Bertz CT molecular complexity index is 1120. The number of aliphatic hydroxyl groups is 1. The first-order chi connectivity index (χ1) is 16.1. The smallest absolute Gasteiger partial charge is 0.247 e. The SMILES string of the molecule is CCC(=O)N(C)C[C@H]1Oc2cc(-c3cccc(OC)c3)ccc2S(=O)(=O)N([C@H](C)CO)C[C@@H]1C. The monoisotopic (exact) mass is 490 g/mol. The van der Waals surface area contributed by atoms with Gasteiger partial charge in [-0.1, -0.05) is 32.0 Å². The molecule has 0 saturated carbocycles. The van der Waals surface area contributed by atoms with Gasteiger partial charge < -0.3 is 19.5 Å². The van der Waals surface area contributed by atoms with Crippen LogP contribution in [0.5, 0.6) is 11.5 Å². The largest absolute Gasteiger partial charge is 0.497 e. The van der Waals surface area contributed by atoms with Crippen LogP contribution in [0.2, 0.25) is 0 Å². The molecule has 34 heavy (non-hydrogen) atoms. The van der Waals surface area contributed by atoms with Crippen molar-refractivity contribution in [3.8, 4) is 22.6 Å². The molecule has 0 aliphatic carbocycles. The van der Waals surface area contributed by atoms with E-state index in [0.29, 0.717) is 18.7 Å². The lowest BCUT2D eigenvalue weighted by Crippen LogP contribution is -2.50. The average Bonchev–Trinajstić information content (AvgIpc) is 2.84. The van der Waals surface area contributed by atoms with Crippen LogP contribution in [0.1, 0.15) is 27.2 Å². The molecule has 0 fully saturated rings. The van der Waals surface area contributed by atoms with Crippen LogP contribution in [0.15, 0.2) is 47.4 Å². The molecule has 0 unspecified atom stereocenters. The highest BCUT2D eigenvalue weighted by molar-refractivity contribution is 7.89. The standard InChI is InChI=1S/C25H34N2O6S/c1-6-25(29)26(4)15-23-17(2)14-27(18(3)16-28)34(30,31)24-11-10-20(13-22(24)33-23)19-8-7-9-21(12-19)32-5/h7-13,17-18,23,28H,6,14-16H2,1-5H3/t17-,18+,23+/m0/s1. The Kier molecular flexibility index (Phi) is 8.22. The molecule has 0 bridgehead atoms. The minimum Gasteiger partial charge on any atom is -0.497 e. The molecule has 9 heteroatoms. The number of benzene rings is 2. The van der Waals surface area contributed by atoms with Gasteiger partial charge in [0.05, 0.1) is 20.3 Å². The zero-order valence-electron chi connectivity index (χ0n) is 20.4. The van der Waals surface area contributed by atoms with E-state index in [2.05, 4.69) is 0 Å². The molecule has 1 N–H and O–H groups in total. The van der Waals surface area contributed by atoms with Crippen LogP contribution < -0.4 is 9.47 Å². The van der Waals surface area contributed by atoms with Crippen LogP contribution in [0, 0.1) is 5.92 Å². The molecule has 2 aromatic carbocycles. The summed E-state index contributed by atoms with van der Waals surface area (Å²) in [6, 6.07) is 11.9. The fourth-order valence-electron chi connectivity index (χ4n) is 4.07. The summed E-state index contributed by atoms with van der Waals surface area (Å²) < 4.78 is 40.2. The van der Waals surface area contributed by atoms with Crippen molar-refractivity contribution in [1.82, 2.24) is 9.21 Å². The molecule has 3 rings (SSSR count). The fourth-order valence-corrected chi connectivity index (χ4v) is 5.89. The molecule has 1 amide bonds. The van der Waals surface area contributed by atoms with Crippen molar-refractivity contribution in [2.45, 2.75) is 44.2 Å². The van der Waals surface area contributed by atoms with Gasteiger partial charge in [-0.25, -0.2) is 8.42 Å². The van der Waals surface area contributed by atoms with Crippen molar-refractivity contribution in [3.05, 3.63) is 42.5 Å². The zero-order valence-corrected chi connectivity index (χ0v) is 21.2. The van der Waals surface area contributed by atoms with Gasteiger partial charge in [0.1, 0.15) is 22.5 Å². The molecule has 8 nitrogen and oxygen atoms in total. The molecule has 186 valence electrons. The Morgan fingerprint density at radius 2 is 1.97 bits per heavy atom. The van der Waals surface area contributed by atoms with Gasteiger partial charge in [0.2, 0.25) is 15.9 Å². The van der Waals surface area contributed by atoms with Crippen LogP contribution in [0.4, 0.5) is 0 Å². The first kappa shape index (κ1) is 26.0. The summed E-state index contributed by atoms with van der Waals surface area (Å²) in [6.07, 6.45) is -0.0698. The van der Waals surface area contributed by atoms with E-state index in [4.69, 9.17) is 9.47 Å². The molecule has 0 spiro atoms. The highest BCUT2D eigenvalue weighted by Crippen LogP contribution is 2.37. The van der Waals surface area contributed by atoms with E-state index in [1.54, 1.807) is 51.1 Å². The molecule has 3 atom stereocenters. The number of rotatable bonds is 7. The number of nitrogens with zero attached hydrogens (tertiary/aromatic N) is 2. The van der Waals surface area contributed by atoms with Crippen LogP contribution in [0.3, 0.4) is 0 Å². The Morgan fingerprint density at radius 3 is 2.62 bits per heavy atom. The maximum atomic E-state index is 13.6. The number of amides is 1. The molecule has 1 aliphatic heterocycles. The van der Waals surface area contributed by atoms with Crippen LogP contribution >= 0.6 is 0 Å². The third-order valence-electron chi connectivity index (χ3n) is 6.25. The van der Waals surface area contributed by atoms with Crippen LogP contribution in [0.25, 0.3) is 11.1 Å². The third-order valence-corrected chi connectivity index (χ3v) is 8.27. The van der Waals surface area contributed by atoms with E-state index < -0.39 is 22.2 Å². The zero-order chi connectivity index (χ0) is 25.0. The van der Waals surface area contributed by atoms with Crippen molar-refractivity contribution < 1.29 is 27.8 Å². The Balaban J connectivity index is 2.12. The predicted octanol–water partition coefficient (Wildman–Crippen LogP) is 3.00. The molecule has 1 heterocycles. The first-order valence-electron chi connectivity index (χ1n) is 11.4. The van der Waals surface area contributed by atoms with Crippen molar-refractivity contribution in [2.75, 3.05) is 33.9 Å². The topological polar surface area (TPSA) is 96.4 Å². The van der Waals surface area contributed by atoms with Crippen LogP contribution in [-0.4, -0.2) is 74.6 Å². The van der Waals surface area contributed by atoms with E-state index in [-0.39, 0.29) is 35.6 Å². The van der Waals surface area contributed by atoms with E-state index in [0.717, 1.165) is 11.1 Å². The van der Waals surface area contributed by atoms with Gasteiger partial charge in [-0.05, 0) is 42.3 Å². The lowest BCUT2D eigenvalue weighted by molar-refractivity contribution is -0.131. The van der Waals surface area contributed by atoms with Gasteiger partial charge in [-0.3, -0.25) is 4.79 Å². The summed E-state index contributed by atoms with van der Waals surface area (Å²) in [4.78, 5) is 13.9. The van der Waals surface area contributed by atoms with Gasteiger partial charge in [-0.15, -0.1) is 0 Å². The van der Waals surface area contributed by atoms with Crippen LogP contribution in [-0.2, 0) is 14.8 Å². The maximum absolute atomic E-state index is 13.6. The predicted molar refractivity (Wildman–Crippen MR) is 130 cm³/mol. The Hall–Kier alpha value is -2.62. The van der Waals surface area contributed by atoms with Crippen molar-refractivity contribution >= 4 is 15.9 Å². The number of sulfonamides is 1. The lowest BCUT2D eigenvalue weighted by Gasteiger charge is -2.37. The van der Waals surface area contributed by atoms with Gasteiger partial charge in [-0.2, -0.15) is 4.31 Å². The summed E-state index contributed by atoms with van der Waals surface area (Å²) in [5, 5.41) is 9.77. The van der Waals surface area contributed by atoms with Gasteiger partial charge in [0.15, 0.2) is 0 Å². The number of carbonyl (C=O) groups is 1. The van der Waals surface area contributed by atoms with Gasteiger partial charge in [0.25, 0.3) is 0 Å². The molecule has 2 aromatic rings. The lowest BCUT2D eigenvalue weighted by atomic mass is 10.0.